The third-order valence-electron chi connectivity index (χ3n) is 5.10. The highest BCUT2D eigenvalue weighted by Gasteiger charge is 2.33. The summed E-state index contributed by atoms with van der Waals surface area (Å²) in [6.45, 7) is 2.06. The number of aryl methyl sites for hydroxylation is 1. The lowest BCUT2D eigenvalue weighted by atomic mass is 10.1. The van der Waals surface area contributed by atoms with Crippen LogP contribution in [0.5, 0.6) is 0 Å². The molecule has 0 saturated heterocycles. The van der Waals surface area contributed by atoms with E-state index in [1.165, 1.54) is 0 Å². The maximum atomic E-state index is 13.0. The SMILES string of the molecule is Cc1ccccc1-n1ncc(C(=O)Nc2ccc(-n3cccn3)nc2)c1C1CC1. The van der Waals surface area contributed by atoms with Crippen LogP contribution in [-0.2, 0) is 0 Å². The highest BCUT2D eigenvalue weighted by Crippen LogP contribution is 2.42. The molecule has 1 fully saturated rings. The largest absolute Gasteiger partial charge is 0.320 e. The Bertz CT molecular complexity index is 1160. The molecule has 1 amide bonds. The molecule has 4 aromatic rings. The highest BCUT2D eigenvalue weighted by molar-refractivity contribution is 6.05. The normalized spacial score (nSPS) is 13.4. The fourth-order valence-electron chi connectivity index (χ4n) is 3.47. The summed E-state index contributed by atoms with van der Waals surface area (Å²) >= 11 is 0. The molecular formula is C22H20N6O. The van der Waals surface area contributed by atoms with E-state index in [2.05, 4.69) is 33.5 Å². The molecule has 0 spiro atoms. The van der Waals surface area contributed by atoms with Crippen LogP contribution in [0, 0.1) is 6.92 Å². The van der Waals surface area contributed by atoms with Crippen LogP contribution in [0.4, 0.5) is 5.69 Å². The van der Waals surface area contributed by atoms with E-state index in [4.69, 9.17) is 0 Å². The van der Waals surface area contributed by atoms with Gasteiger partial charge in [-0.05, 0) is 49.6 Å². The number of nitrogens with zero attached hydrogens (tertiary/aromatic N) is 5. The van der Waals surface area contributed by atoms with Crippen molar-refractivity contribution in [2.24, 2.45) is 0 Å². The third kappa shape index (κ3) is 3.31. The predicted octanol–water partition coefficient (Wildman–Crippen LogP) is 3.89. The van der Waals surface area contributed by atoms with Crippen molar-refractivity contribution >= 4 is 11.6 Å². The molecule has 1 saturated carbocycles. The predicted molar refractivity (Wildman–Crippen MR) is 110 cm³/mol. The number of carbonyl (C=O) groups is 1. The number of aromatic nitrogens is 5. The Morgan fingerprint density at radius 2 is 1.93 bits per heavy atom. The summed E-state index contributed by atoms with van der Waals surface area (Å²) in [7, 11) is 0. The minimum absolute atomic E-state index is 0.166. The van der Waals surface area contributed by atoms with Gasteiger partial charge in [0.1, 0.15) is 0 Å². The summed E-state index contributed by atoms with van der Waals surface area (Å²) in [6, 6.07) is 13.6. The summed E-state index contributed by atoms with van der Waals surface area (Å²) in [5.74, 6) is 0.901. The molecule has 0 atom stereocenters. The van der Waals surface area contributed by atoms with Gasteiger partial charge in [0.2, 0.25) is 0 Å². The van der Waals surface area contributed by atoms with Crippen molar-refractivity contribution in [3.63, 3.8) is 0 Å². The lowest BCUT2D eigenvalue weighted by Crippen LogP contribution is -2.15. The molecule has 1 aromatic carbocycles. The second kappa shape index (κ2) is 7.01. The van der Waals surface area contributed by atoms with Gasteiger partial charge in [0.15, 0.2) is 5.82 Å². The molecule has 7 nitrogen and oxygen atoms in total. The fraction of sp³-hybridized carbons (Fsp3) is 0.182. The number of hydrogen-bond donors (Lipinski definition) is 1. The van der Waals surface area contributed by atoms with Crippen LogP contribution in [0.25, 0.3) is 11.5 Å². The van der Waals surface area contributed by atoms with E-state index in [1.54, 1.807) is 23.3 Å². The van der Waals surface area contributed by atoms with E-state index in [-0.39, 0.29) is 5.91 Å². The van der Waals surface area contributed by atoms with Crippen molar-refractivity contribution in [2.45, 2.75) is 25.7 Å². The van der Waals surface area contributed by atoms with Crippen LogP contribution in [0.3, 0.4) is 0 Å². The molecule has 0 unspecified atom stereocenters. The summed E-state index contributed by atoms with van der Waals surface area (Å²) < 4.78 is 3.59. The topological polar surface area (TPSA) is 77.6 Å². The first-order chi connectivity index (χ1) is 14.2. The van der Waals surface area contributed by atoms with E-state index in [9.17, 15) is 4.79 Å². The van der Waals surface area contributed by atoms with E-state index < -0.39 is 0 Å². The summed E-state index contributed by atoms with van der Waals surface area (Å²) in [5.41, 5.74) is 4.38. The number of amides is 1. The second-order valence-electron chi connectivity index (χ2n) is 7.23. The van der Waals surface area contributed by atoms with Gasteiger partial charge in [-0.2, -0.15) is 10.2 Å². The first kappa shape index (κ1) is 17.4. The first-order valence-electron chi connectivity index (χ1n) is 9.62. The summed E-state index contributed by atoms with van der Waals surface area (Å²) in [4.78, 5) is 17.4. The minimum atomic E-state index is -0.166. The third-order valence-corrected chi connectivity index (χ3v) is 5.10. The molecule has 29 heavy (non-hydrogen) atoms. The van der Waals surface area contributed by atoms with Crippen molar-refractivity contribution in [3.05, 3.63) is 84.1 Å². The Morgan fingerprint density at radius 3 is 2.62 bits per heavy atom. The Balaban J connectivity index is 1.42. The van der Waals surface area contributed by atoms with E-state index in [0.29, 0.717) is 23.0 Å². The molecule has 144 valence electrons. The van der Waals surface area contributed by atoms with Gasteiger partial charge in [-0.3, -0.25) is 4.79 Å². The van der Waals surface area contributed by atoms with E-state index >= 15 is 0 Å². The molecule has 0 bridgehead atoms. The van der Waals surface area contributed by atoms with Crippen molar-refractivity contribution < 1.29 is 4.79 Å². The van der Waals surface area contributed by atoms with Crippen LogP contribution in [0.1, 0.15) is 40.4 Å². The molecule has 1 aliphatic carbocycles. The Kier molecular flexibility index (Phi) is 4.20. The van der Waals surface area contributed by atoms with Gasteiger partial charge >= 0.3 is 0 Å². The number of anilines is 1. The summed E-state index contributed by atoms with van der Waals surface area (Å²) in [6.07, 6.45) is 8.99. The Labute approximate surface area is 168 Å². The molecule has 0 aliphatic heterocycles. The number of carbonyl (C=O) groups excluding carboxylic acids is 1. The maximum absolute atomic E-state index is 13.0. The minimum Gasteiger partial charge on any atom is -0.320 e. The number of benzene rings is 1. The fourth-order valence-corrected chi connectivity index (χ4v) is 3.47. The second-order valence-corrected chi connectivity index (χ2v) is 7.23. The molecule has 3 heterocycles. The molecule has 3 aromatic heterocycles. The lowest BCUT2D eigenvalue weighted by molar-refractivity contribution is 0.102. The van der Waals surface area contributed by atoms with Crippen molar-refractivity contribution in [1.82, 2.24) is 24.5 Å². The highest BCUT2D eigenvalue weighted by atomic mass is 16.1. The average Bonchev–Trinajstić information content (AvgIpc) is 3.25. The number of nitrogens with one attached hydrogen (secondary N) is 1. The number of rotatable bonds is 5. The molecule has 0 radical (unpaired) electrons. The zero-order chi connectivity index (χ0) is 19.8. The van der Waals surface area contributed by atoms with Crippen LogP contribution in [0.15, 0.2) is 67.3 Å². The van der Waals surface area contributed by atoms with Crippen LogP contribution < -0.4 is 5.32 Å². The van der Waals surface area contributed by atoms with Crippen molar-refractivity contribution in [2.75, 3.05) is 5.32 Å². The zero-order valence-corrected chi connectivity index (χ0v) is 16.0. The smallest absolute Gasteiger partial charge is 0.259 e. The molecule has 1 aliphatic rings. The molecule has 1 N–H and O–H groups in total. The van der Waals surface area contributed by atoms with Gasteiger partial charge < -0.3 is 5.32 Å². The Morgan fingerprint density at radius 1 is 1.07 bits per heavy atom. The van der Waals surface area contributed by atoms with Gasteiger partial charge in [-0.1, -0.05) is 18.2 Å². The zero-order valence-electron chi connectivity index (χ0n) is 16.0. The van der Waals surface area contributed by atoms with Gasteiger partial charge in [-0.15, -0.1) is 0 Å². The van der Waals surface area contributed by atoms with Crippen LogP contribution in [0.2, 0.25) is 0 Å². The molecule has 5 rings (SSSR count). The van der Waals surface area contributed by atoms with Gasteiger partial charge in [-0.25, -0.2) is 14.3 Å². The van der Waals surface area contributed by atoms with Crippen molar-refractivity contribution in [1.29, 1.82) is 0 Å². The number of hydrogen-bond acceptors (Lipinski definition) is 4. The van der Waals surface area contributed by atoms with Crippen LogP contribution in [-0.4, -0.2) is 30.5 Å². The van der Waals surface area contributed by atoms with E-state index in [1.807, 2.05) is 47.3 Å². The maximum Gasteiger partial charge on any atom is 0.259 e. The molecular weight excluding hydrogens is 364 g/mol. The van der Waals surface area contributed by atoms with Gasteiger partial charge in [0, 0.05) is 18.3 Å². The standard InChI is InChI=1S/C22H20N6O/c1-15-5-2-3-6-19(15)28-21(16-7-8-16)18(14-25-28)22(29)26-17-9-10-20(23-13-17)27-12-4-11-24-27/h2-6,9-14,16H,7-8H2,1H3,(H,26,29). The average molecular weight is 384 g/mol. The quantitative estimate of drug-likeness (QED) is 0.566. The number of para-hydroxylation sites is 1. The number of pyridine rings is 1. The molecule has 7 heteroatoms. The summed E-state index contributed by atoms with van der Waals surface area (Å²) in [5, 5.41) is 11.7. The van der Waals surface area contributed by atoms with Gasteiger partial charge in [0.05, 0.1) is 35.0 Å². The monoisotopic (exact) mass is 384 g/mol. The Hall–Kier alpha value is -3.74. The van der Waals surface area contributed by atoms with Gasteiger partial charge in [0.25, 0.3) is 5.91 Å². The van der Waals surface area contributed by atoms with Crippen molar-refractivity contribution in [3.8, 4) is 11.5 Å². The lowest BCUT2D eigenvalue weighted by Gasteiger charge is -2.11. The van der Waals surface area contributed by atoms with Crippen LogP contribution >= 0.6 is 0 Å². The first-order valence-corrected chi connectivity index (χ1v) is 9.62. The van der Waals surface area contributed by atoms with E-state index in [0.717, 1.165) is 29.8 Å².